The second-order valence-electron chi connectivity index (χ2n) is 7.37. The zero-order valence-corrected chi connectivity index (χ0v) is 16.9. The number of aromatic nitrogens is 2. The van der Waals surface area contributed by atoms with Crippen molar-refractivity contribution in [2.24, 2.45) is 0 Å². The smallest absolute Gasteiger partial charge is 0.224 e. The molecule has 28 heavy (non-hydrogen) atoms. The number of piperazine rings is 1. The zero-order chi connectivity index (χ0) is 19.5. The topological polar surface area (TPSA) is 41.4 Å². The molecule has 0 unspecified atom stereocenters. The molecule has 1 saturated heterocycles. The van der Waals surface area contributed by atoms with Crippen LogP contribution in [0.3, 0.4) is 0 Å². The van der Waals surface area contributed by atoms with Crippen molar-refractivity contribution in [1.82, 2.24) is 19.6 Å². The van der Waals surface area contributed by atoms with Crippen molar-refractivity contribution in [3.05, 3.63) is 64.8 Å². The van der Waals surface area contributed by atoms with Crippen molar-refractivity contribution in [2.75, 3.05) is 26.2 Å². The van der Waals surface area contributed by atoms with Crippen LogP contribution >= 0.6 is 11.6 Å². The first-order chi connectivity index (χ1) is 13.6. The van der Waals surface area contributed by atoms with Crippen molar-refractivity contribution in [3.8, 4) is 0 Å². The van der Waals surface area contributed by atoms with Crippen LogP contribution in [0, 0.1) is 6.92 Å². The fraction of sp³-hybridized carbons (Fsp3) is 0.364. The van der Waals surface area contributed by atoms with Gasteiger partial charge < -0.3 is 4.90 Å². The van der Waals surface area contributed by atoms with Gasteiger partial charge in [0.25, 0.3) is 0 Å². The molecule has 0 saturated carbocycles. The maximum Gasteiger partial charge on any atom is 0.224 e. The Hall–Kier alpha value is -2.37. The Kier molecular flexibility index (Phi) is 5.64. The second kappa shape index (κ2) is 8.33. The summed E-state index contributed by atoms with van der Waals surface area (Å²) >= 11 is 6.20. The van der Waals surface area contributed by atoms with Gasteiger partial charge in [-0.25, -0.2) is 0 Å². The monoisotopic (exact) mass is 396 g/mol. The molecule has 146 valence electrons. The lowest BCUT2D eigenvalue weighted by Gasteiger charge is -2.35. The summed E-state index contributed by atoms with van der Waals surface area (Å²) in [7, 11) is 0. The summed E-state index contributed by atoms with van der Waals surface area (Å²) in [6.45, 7) is 7.09. The van der Waals surface area contributed by atoms with E-state index >= 15 is 0 Å². The molecule has 1 aromatic heterocycles. The van der Waals surface area contributed by atoms with Gasteiger partial charge in [-0.05, 0) is 30.2 Å². The molecule has 4 rings (SSSR count). The average molecular weight is 397 g/mol. The number of aryl methyl sites for hydroxylation is 2. The SMILES string of the molecule is Cc1ccccc1CN1CCN(C(=O)CCn2ncc3c(Cl)cccc32)CC1. The summed E-state index contributed by atoms with van der Waals surface area (Å²) in [4.78, 5) is 17.1. The van der Waals surface area contributed by atoms with Gasteiger partial charge in [0.05, 0.1) is 23.3 Å². The van der Waals surface area contributed by atoms with Crippen LogP contribution in [0.4, 0.5) is 0 Å². The van der Waals surface area contributed by atoms with Gasteiger partial charge in [0.15, 0.2) is 0 Å². The predicted molar refractivity (Wildman–Crippen MR) is 112 cm³/mol. The Bertz CT molecular complexity index is 976. The molecule has 2 heterocycles. The van der Waals surface area contributed by atoms with E-state index in [4.69, 9.17) is 11.6 Å². The van der Waals surface area contributed by atoms with Crippen molar-refractivity contribution < 1.29 is 4.79 Å². The lowest BCUT2D eigenvalue weighted by atomic mass is 10.1. The number of hydrogen-bond acceptors (Lipinski definition) is 3. The van der Waals surface area contributed by atoms with Gasteiger partial charge in [-0.1, -0.05) is 41.9 Å². The molecule has 0 aliphatic carbocycles. The highest BCUT2D eigenvalue weighted by Gasteiger charge is 2.21. The summed E-state index contributed by atoms with van der Waals surface area (Å²) in [5, 5.41) is 6.02. The number of fused-ring (bicyclic) bond motifs is 1. The molecule has 1 aliphatic rings. The minimum Gasteiger partial charge on any atom is -0.340 e. The number of carbonyl (C=O) groups is 1. The van der Waals surface area contributed by atoms with Crippen LogP contribution in [0.1, 0.15) is 17.5 Å². The molecule has 1 fully saturated rings. The highest BCUT2D eigenvalue weighted by atomic mass is 35.5. The molecule has 0 N–H and O–H groups in total. The van der Waals surface area contributed by atoms with Gasteiger partial charge in [-0.2, -0.15) is 5.10 Å². The molecule has 0 atom stereocenters. The zero-order valence-electron chi connectivity index (χ0n) is 16.1. The van der Waals surface area contributed by atoms with Gasteiger partial charge in [-0.3, -0.25) is 14.4 Å². The average Bonchev–Trinajstić information content (AvgIpc) is 3.13. The van der Waals surface area contributed by atoms with Crippen LogP contribution in [0.25, 0.3) is 10.9 Å². The van der Waals surface area contributed by atoms with Gasteiger partial charge in [0.1, 0.15) is 0 Å². The Labute approximate surface area is 170 Å². The maximum atomic E-state index is 12.7. The number of halogens is 1. The third-order valence-electron chi connectivity index (χ3n) is 5.55. The molecular formula is C22H25ClN4O. The number of rotatable bonds is 5. The quantitative estimate of drug-likeness (QED) is 0.659. The summed E-state index contributed by atoms with van der Waals surface area (Å²) in [6, 6.07) is 14.3. The van der Waals surface area contributed by atoms with Gasteiger partial charge in [0, 0.05) is 44.5 Å². The van der Waals surface area contributed by atoms with E-state index in [1.807, 2.05) is 27.8 Å². The van der Waals surface area contributed by atoms with E-state index < -0.39 is 0 Å². The minimum absolute atomic E-state index is 0.196. The largest absolute Gasteiger partial charge is 0.340 e. The van der Waals surface area contributed by atoms with Crippen molar-refractivity contribution in [1.29, 1.82) is 0 Å². The molecule has 5 nitrogen and oxygen atoms in total. The number of carbonyl (C=O) groups excluding carboxylic acids is 1. The maximum absolute atomic E-state index is 12.7. The van der Waals surface area contributed by atoms with E-state index in [0.717, 1.165) is 43.6 Å². The fourth-order valence-corrected chi connectivity index (χ4v) is 4.01. The first-order valence-electron chi connectivity index (χ1n) is 9.76. The minimum atomic E-state index is 0.196. The lowest BCUT2D eigenvalue weighted by Crippen LogP contribution is -2.48. The number of amides is 1. The van der Waals surface area contributed by atoms with Gasteiger partial charge in [0.2, 0.25) is 5.91 Å². The first kappa shape index (κ1) is 19.0. The summed E-state index contributed by atoms with van der Waals surface area (Å²) in [5.41, 5.74) is 3.67. The van der Waals surface area contributed by atoms with Gasteiger partial charge >= 0.3 is 0 Å². The Morgan fingerprint density at radius 3 is 2.64 bits per heavy atom. The molecule has 1 aliphatic heterocycles. The third-order valence-corrected chi connectivity index (χ3v) is 5.88. The van der Waals surface area contributed by atoms with E-state index in [-0.39, 0.29) is 5.91 Å². The molecular weight excluding hydrogens is 372 g/mol. The normalized spacial score (nSPS) is 15.3. The summed E-state index contributed by atoms with van der Waals surface area (Å²) in [6.07, 6.45) is 2.23. The van der Waals surface area contributed by atoms with Crippen LogP contribution < -0.4 is 0 Å². The van der Waals surface area contributed by atoms with Crippen LogP contribution in [-0.4, -0.2) is 51.7 Å². The summed E-state index contributed by atoms with van der Waals surface area (Å²) < 4.78 is 1.87. The van der Waals surface area contributed by atoms with Crippen LogP contribution in [-0.2, 0) is 17.9 Å². The molecule has 6 heteroatoms. The fourth-order valence-electron chi connectivity index (χ4n) is 3.79. The van der Waals surface area contributed by atoms with Crippen molar-refractivity contribution in [2.45, 2.75) is 26.4 Å². The van der Waals surface area contributed by atoms with E-state index in [9.17, 15) is 4.79 Å². The van der Waals surface area contributed by atoms with Crippen molar-refractivity contribution in [3.63, 3.8) is 0 Å². The van der Waals surface area contributed by atoms with Crippen LogP contribution in [0.2, 0.25) is 5.02 Å². The lowest BCUT2D eigenvalue weighted by molar-refractivity contribution is -0.133. The highest BCUT2D eigenvalue weighted by Crippen LogP contribution is 2.23. The molecule has 0 spiro atoms. The molecule has 1 amide bonds. The van der Waals surface area contributed by atoms with Crippen LogP contribution in [0.5, 0.6) is 0 Å². The van der Waals surface area contributed by atoms with Crippen molar-refractivity contribution >= 4 is 28.4 Å². The highest BCUT2D eigenvalue weighted by molar-refractivity contribution is 6.35. The molecule has 0 radical (unpaired) electrons. The Balaban J connectivity index is 1.29. The van der Waals surface area contributed by atoms with E-state index in [1.165, 1.54) is 11.1 Å². The van der Waals surface area contributed by atoms with Gasteiger partial charge in [-0.15, -0.1) is 0 Å². The summed E-state index contributed by atoms with van der Waals surface area (Å²) in [5.74, 6) is 0.196. The molecule has 2 aromatic carbocycles. The van der Waals surface area contributed by atoms with E-state index in [0.29, 0.717) is 18.0 Å². The number of hydrogen-bond donors (Lipinski definition) is 0. The Morgan fingerprint density at radius 1 is 1.07 bits per heavy atom. The standard InChI is InChI=1S/C22H25ClN4O/c1-17-5-2-3-6-18(17)16-25-11-13-26(14-12-25)22(28)9-10-27-21-8-4-7-20(23)19(21)15-24-27/h2-8,15H,9-14,16H2,1H3. The second-order valence-corrected chi connectivity index (χ2v) is 7.78. The van der Waals surface area contributed by atoms with Crippen LogP contribution in [0.15, 0.2) is 48.7 Å². The van der Waals surface area contributed by atoms with E-state index in [2.05, 4.69) is 41.2 Å². The molecule has 0 bridgehead atoms. The molecule has 3 aromatic rings. The Morgan fingerprint density at radius 2 is 1.86 bits per heavy atom. The number of nitrogens with zero attached hydrogens (tertiary/aromatic N) is 4. The third kappa shape index (κ3) is 4.05. The predicted octanol–water partition coefficient (Wildman–Crippen LogP) is 3.73. The number of benzene rings is 2. The first-order valence-corrected chi connectivity index (χ1v) is 10.1. The van der Waals surface area contributed by atoms with E-state index in [1.54, 1.807) is 6.20 Å².